The molecule has 2 aromatic carbocycles. The molecule has 0 aliphatic heterocycles. The number of aromatic hydroxyl groups is 1. The van der Waals surface area contributed by atoms with Gasteiger partial charge < -0.3 is 36.6 Å². The maximum absolute atomic E-state index is 14.3. The number of Topliss-reactive ketones (excluding diaryl/α,β-unsaturated/α-hetero) is 2. The first-order valence-electron chi connectivity index (χ1n) is 15.2. The summed E-state index contributed by atoms with van der Waals surface area (Å²) in [5, 5.41) is 41.4. The lowest BCUT2D eigenvalue weighted by atomic mass is 9.58. The minimum atomic E-state index is -5.15. The molecule has 0 saturated carbocycles. The lowest BCUT2D eigenvalue weighted by Crippen LogP contribution is -2.63. The van der Waals surface area contributed by atoms with Crippen LogP contribution in [0.15, 0.2) is 52.0 Å². The number of carbonyl (C=O) groups excluding carboxylic acids is 3. The van der Waals surface area contributed by atoms with Crippen LogP contribution in [-0.4, -0.2) is 82.6 Å². The van der Waals surface area contributed by atoms with Gasteiger partial charge in [-0.1, -0.05) is 0 Å². The van der Waals surface area contributed by atoms with Crippen LogP contribution in [0.1, 0.15) is 33.5 Å². The molecule has 0 fully saturated rings. The first-order chi connectivity index (χ1) is 23.9. The number of thiocarbonyl (C=S) groups is 1. The third-order valence-electron chi connectivity index (χ3n) is 9.37. The number of ketones is 2. The van der Waals surface area contributed by atoms with Crippen molar-refractivity contribution >= 4 is 51.9 Å². The number of nitrogens with one attached hydrogen (secondary N) is 2. The summed E-state index contributed by atoms with van der Waals surface area (Å²) >= 11 is 5.14. The Hall–Kier alpha value is -5.08. The summed E-state index contributed by atoms with van der Waals surface area (Å²) in [4.78, 5) is 55.7. The number of rotatable bonds is 6. The number of hydrogen-bond acceptors (Lipinski definition) is 11. The third-order valence-corrected chi connectivity index (χ3v) is 9.57. The average Bonchev–Trinajstić information content (AvgIpc) is 3.01. The van der Waals surface area contributed by atoms with Crippen molar-refractivity contribution in [3.63, 3.8) is 0 Å². The Bertz CT molecular complexity index is 1980. The summed E-state index contributed by atoms with van der Waals surface area (Å²) in [5.41, 5.74) is -4.15. The predicted molar refractivity (Wildman–Crippen MR) is 177 cm³/mol. The van der Waals surface area contributed by atoms with Gasteiger partial charge in [-0.05, 0) is 80.1 Å². The van der Waals surface area contributed by atoms with E-state index in [1.165, 1.54) is 30.0 Å². The van der Waals surface area contributed by atoms with Crippen LogP contribution in [-0.2, 0) is 28.4 Å². The molecule has 0 radical (unpaired) electrons. The van der Waals surface area contributed by atoms with Crippen molar-refractivity contribution in [1.82, 2.24) is 4.90 Å². The molecule has 0 unspecified atom stereocenters. The molecule has 3 aliphatic rings. The Labute approximate surface area is 295 Å². The van der Waals surface area contributed by atoms with Crippen LogP contribution in [0.5, 0.6) is 5.75 Å². The number of carbonyl (C=O) groups is 3. The minimum Gasteiger partial charge on any atom is -0.510 e. The van der Waals surface area contributed by atoms with E-state index in [1.54, 1.807) is 14.1 Å². The molecule has 2 aromatic rings. The molecule has 52 heavy (non-hydrogen) atoms. The molecule has 0 aromatic heterocycles. The lowest BCUT2D eigenvalue weighted by molar-refractivity contribution is -0.144. The van der Waals surface area contributed by atoms with Crippen molar-refractivity contribution in [1.29, 1.82) is 0 Å². The number of allylic oxidation sites excluding steroid dienone is 1. The van der Waals surface area contributed by atoms with Crippen molar-refractivity contribution < 1.29 is 56.0 Å². The number of fused-ring (bicyclic) bond motifs is 3. The molecule has 3 aliphatic carbocycles. The molecule has 0 saturated heterocycles. The molecule has 0 heterocycles. The van der Waals surface area contributed by atoms with Crippen molar-refractivity contribution in [3.05, 3.63) is 74.0 Å². The number of benzene rings is 2. The quantitative estimate of drug-likeness (QED) is 0.0808. The van der Waals surface area contributed by atoms with Gasteiger partial charge in [-0.25, -0.2) is 0 Å². The zero-order chi connectivity index (χ0) is 39.0. The Morgan fingerprint density at radius 1 is 1.00 bits per heavy atom. The van der Waals surface area contributed by atoms with Crippen LogP contribution in [0.2, 0.25) is 0 Å². The van der Waals surface area contributed by atoms with Gasteiger partial charge in [0.2, 0.25) is 5.78 Å². The Balaban J connectivity index is 1.61. The molecule has 278 valence electrons. The average molecular weight is 757 g/mol. The second kappa shape index (κ2) is 12.8. The number of nitrogens with two attached hydrogens (primary N) is 1. The first-order valence-corrected chi connectivity index (χ1v) is 15.6. The Morgan fingerprint density at radius 2 is 1.58 bits per heavy atom. The van der Waals surface area contributed by atoms with E-state index < -0.39 is 109 Å². The summed E-state index contributed by atoms with van der Waals surface area (Å²) in [7, 11) is 6.08. The summed E-state index contributed by atoms with van der Waals surface area (Å²) in [5.74, 6) is -7.68. The SMILES string of the molecule is CN(C)c1cc(NC(=S)Nc2cc(C(F)(F)F)cc(C(F)(F)F)c2)c(O)c2c1C[C@H]1C[C@H]3[C@H](N(C)C)C(O)=C(C(N)=O)C(=O)[C@@]3(O)C(N=O)=C1C2=O. The van der Waals surface area contributed by atoms with Crippen molar-refractivity contribution in [2.75, 3.05) is 43.7 Å². The molecular formula is C32H30F6N6O7S. The monoisotopic (exact) mass is 756 g/mol. The molecule has 4 atom stereocenters. The highest BCUT2D eigenvalue weighted by Crippen LogP contribution is 2.55. The number of nitrogens with zero attached hydrogens (tertiary/aromatic N) is 3. The van der Waals surface area contributed by atoms with Gasteiger partial charge in [0.25, 0.3) is 5.91 Å². The minimum absolute atomic E-state index is 0.0739. The molecule has 5 rings (SSSR count). The van der Waals surface area contributed by atoms with E-state index in [-0.39, 0.29) is 35.8 Å². The number of alkyl halides is 6. The van der Waals surface area contributed by atoms with Gasteiger partial charge in [-0.15, -0.1) is 4.91 Å². The van der Waals surface area contributed by atoms with E-state index in [2.05, 4.69) is 15.8 Å². The fraction of sp³-hybridized carbons (Fsp3) is 0.375. The first kappa shape index (κ1) is 38.2. The van der Waals surface area contributed by atoms with Gasteiger partial charge in [0.15, 0.2) is 22.2 Å². The van der Waals surface area contributed by atoms with Crippen LogP contribution < -0.4 is 21.3 Å². The highest BCUT2D eigenvalue weighted by Gasteiger charge is 2.63. The van der Waals surface area contributed by atoms with E-state index in [0.29, 0.717) is 12.1 Å². The van der Waals surface area contributed by atoms with Crippen LogP contribution in [0, 0.1) is 16.7 Å². The number of phenolic OH excluding ortho intramolecular Hbond substituents is 1. The van der Waals surface area contributed by atoms with Crippen LogP contribution >= 0.6 is 12.2 Å². The van der Waals surface area contributed by atoms with E-state index in [9.17, 15) is 61.0 Å². The number of amides is 1. The normalized spacial score (nSPS) is 23.2. The predicted octanol–water partition coefficient (Wildman–Crippen LogP) is 4.24. The fourth-order valence-corrected chi connectivity index (χ4v) is 7.45. The van der Waals surface area contributed by atoms with Gasteiger partial charge in [0.05, 0.1) is 28.4 Å². The Kier molecular flexibility index (Phi) is 9.43. The smallest absolute Gasteiger partial charge is 0.416 e. The molecule has 0 bridgehead atoms. The van der Waals surface area contributed by atoms with E-state index >= 15 is 0 Å². The molecule has 0 spiro atoms. The number of anilines is 3. The third kappa shape index (κ3) is 6.13. The van der Waals surface area contributed by atoms with Crippen LogP contribution in [0.3, 0.4) is 0 Å². The number of primary amides is 1. The maximum atomic E-state index is 14.3. The number of aliphatic hydroxyl groups excluding tert-OH is 1. The Morgan fingerprint density at radius 3 is 2.06 bits per heavy atom. The second-order valence-electron chi connectivity index (χ2n) is 13.0. The lowest BCUT2D eigenvalue weighted by Gasteiger charge is -2.50. The molecule has 7 N–H and O–H groups in total. The summed E-state index contributed by atoms with van der Waals surface area (Å²) < 4.78 is 80.5. The summed E-state index contributed by atoms with van der Waals surface area (Å²) in [6.45, 7) is 0. The summed E-state index contributed by atoms with van der Waals surface area (Å²) in [6, 6.07) is 0.785. The number of halogens is 6. The number of phenols is 1. The van der Waals surface area contributed by atoms with Crippen LogP contribution in [0.4, 0.5) is 43.4 Å². The van der Waals surface area contributed by atoms with Crippen molar-refractivity contribution in [2.45, 2.75) is 36.8 Å². The van der Waals surface area contributed by atoms with Crippen molar-refractivity contribution in [3.8, 4) is 5.75 Å². The summed E-state index contributed by atoms with van der Waals surface area (Å²) in [6.07, 6.45) is -10.6. The highest BCUT2D eigenvalue weighted by atomic mass is 32.1. The van der Waals surface area contributed by atoms with E-state index in [1.807, 2.05) is 0 Å². The van der Waals surface area contributed by atoms with Gasteiger partial charge >= 0.3 is 12.4 Å². The molecular weight excluding hydrogens is 726 g/mol. The largest absolute Gasteiger partial charge is 0.510 e. The fourth-order valence-electron chi connectivity index (χ4n) is 7.22. The van der Waals surface area contributed by atoms with Gasteiger partial charge in [-0.2, -0.15) is 26.3 Å². The van der Waals surface area contributed by atoms with Gasteiger partial charge in [0.1, 0.15) is 17.0 Å². The topological polar surface area (TPSA) is 198 Å². The van der Waals surface area contributed by atoms with Crippen LogP contribution in [0.25, 0.3) is 0 Å². The van der Waals surface area contributed by atoms with E-state index in [4.69, 9.17) is 18.0 Å². The number of nitroso groups, excluding NO2 is 1. The molecule has 13 nitrogen and oxygen atoms in total. The number of hydrogen-bond donors (Lipinski definition) is 6. The highest BCUT2D eigenvalue weighted by molar-refractivity contribution is 7.80. The standard InChI is InChI=1S/C32H30F6N6O7S/c1-43(2)18-10-17(41-29(52)40-14-8-12(31(33,34)35)7-13(9-14)32(36,37)38)23(45)20-15(18)5-11-6-16-22(44(3)4)25(47)21(28(39)49)27(48)30(16,50)26(42-51)19(11)24(20)46/h7-11,16,22,45,47,50H,5-6H2,1-4H3,(H2,39,49)(H2,40,41,52)/t11-,16-,22-,30-/m0/s1. The van der Waals surface area contributed by atoms with Gasteiger partial charge in [0, 0.05) is 37.0 Å². The molecule has 20 heteroatoms. The molecule has 1 amide bonds. The second-order valence-corrected chi connectivity index (χ2v) is 13.4. The zero-order valence-corrected chi connectivity index (χ0v) is 28.3. The van der Waals surface area contributed by atoms with Gasteiger partial charge in [-0.3, -0.25) is 19.3 Å². The van der Waals surface area contributed by atoms with E-state index in [0.717, 1.165) is 0 Å². The number of likely N-dealkylation sites (N-methyl/N-ethyl adjacent to an activating group) is 1. The zero-order valence-electron chi connectivity index (χ0n) is 27.5. The maximum Gasteiger partial charge on any atom is 0.416 e. The number of aliphatic hydroxyl groups is 2. The van der Waals surface area contributed by atoms with Crippen molar-refractivity contribution in [2.24, 2.45) is 22.7 Å².